The first-order chi connectivity index (χ1) is 24.0. The normalized spacial score (nSPS) is 13.1. The Kier molecular flexibility index (Phi) is 15.0. The molecule has 268 valence electrons. The predicted octanol–water partition coefficient (Wildman–Crippen LogP) is 7.07. The van der Waals surface area contributed by atoms with E-state index in [1.807, 2.05) is 68.1 Å². The Morgan fingerprint density at radius 1 is 0.820 bits per heavy atom. The van der Waals surface area contributed by atoms with Gasteiger partial charge in [0, 0.05) is 41.7 Å². The van der Waals surface area contributed by atoms with Gasteiger partial charge in [-0.2, -0.15) is 0 Å². The molecule has 4 rings (SSSR count). The van der Waals surface area contributed by atoms with Crippen LogP contribution in [0, 0.1) is 12.8 Å². The summed E-state index contributed by atoms with van der Waals surface area (Å²) >= 11 is 3.18. The van der Waals surface area contributed by atoms with Crippen molar-refractivity contribution >= 4 is 40.5 Å². The highest BCUT2D eigenvalue weighted by molar-refractivity contribution is 7.10. The zero-order valence-electron chi connectivity index (χ0n) is 30.1. The predicted molar refractivity (Wildman–Crippen MR) is 203 cm³/mol. The highest BCUT2D eigenvalue weighted by atomic mass is 32.1. The molecule has 0 spiro atoms. The van der Waals surface area contributed by atoms with Gasteiger partial charge in [-0.15, -0.1) is 22.7 Å². The zero-order valence-corrected chi connectivity index (χ0v) is 31.8. The standard InChI is InChI=1S/C39H52N6O3S2/c1-26(2)36(44-39(48)45(6)23-33-24-49-38(43-33)27(3)4)37(47)42-32(22-30-15-11-8-12-16-30)18-17-31(21-29-13-9-7-10-14-29)41-35(46)20-19-34-28(5)40-25-50-34/h7-16,24-27,31-32,36H,17-23H2,1-6H3,(H,41,46)(H,42,47)(H,44,48). The summed E-state index contributed by atoms with van der Waals surface area (Å²) in [6, 6.07) is 18.9. The van der Waals surface area contributed by atoms with Gasteiger partial charge in [0.25, 0.3) is 0 Å². The van der Waals surface area contributed by atoms with E-state index in [0.29, 0.717) is 51.0 Å². The lowest BCUT2D eigenvalue weighted by atomic mass is 9.95. The molecule has 3 N–H and O–H groups in total. The van der Waals surface area contributed by atoms with Crippen molar-refractivity contribution in [1.82, 2.24) is 30.8 Å². The largest absolute Gasteiger partial charge is 0.353 e. The number of rotatable bonds is 18. The quantitative estimate of drug-likeness (QED) is 0.102. The van der Waals surface area contributed by atoms with E-state index < -0.39 is 6.04 Å². The van der Waals surface area contributed by atoms with E-state index in [-0.39, 0.29) is 35.8 Å². The summed E-state index contributed by atoms with van der Waals surface area (Å²) in [5, 5.41) is 12.6. The third-order valence-electron chi connectivity index (χ3n) is 8.69. The fraction of sp³-hybridized carbons (Fsp3) is 0.462. The van der Waals surface area contributed by atoms with Gasteiger partial charge in [-0.25, -0.2) is 14.8 Å². The second-order valence-corrected chi connectivity index (χ2v) is 15.5. The molecular weight excluding hydrogens is 665 g/mol. The van der Waals surface area contributed by atoms with Crippen LogP contribution in [0.4, 0.5) is 4.79 Å². The van der Waals surface area contributed by atoms with Gasteiger partial charge in [-0.3, -0.25) is 9.59 Å². The summed E-state index contributed by atoms with van der Waals surface area (Å²) in [6.45, 7) is 10.4. The van der Waals surface area contributed by atoms with Gasteiger partial charge in [0.2, 0.25) is 11.8 Å². The summed E-state index contributed by atoms with van der Waals surface area (Å²) in [6.07, 6.45) is 3.69. The third-order valence-corrected chi connectivity index (χ3v) is 10.9. The van der Waals surface area contributed by atoms with Crippen LogP contribution in [-0.4, -0.2) is 57.9 Å². The molecule has 4 amide bonds. The SMILES string of the molecule is Cc1ncsc1CCC(=O)NC(CCC(Cc1ccccc1)NC(=O)C(NC(=O)N(C)Cc1csc(C(C)C)n1)C(C)C)Cc1ccccc1. The average molecular weight is 717 g/mol. The minimum atomic E-state index is -0.722. The Hall–Kier alpha value is -4.09. The number of hydrogen-bond acceptors (Lipinski definition) is 7. The van der Waals surface area contributed by atoms with Gasteiger partial charge in [0.05, 0.1) is 28.5 Å². The Morgan fingerprint density at radius 2 is 1.42 bits per heavy atom. The minimum absolute atomic E-state index is 0.00663. The van der Waals surface area contributed by atoms with Gasteiger partial charge >= 0.3 is 6.03 Å². The molecule has 50 heavy (non-hydrogen) atoms. The van der Waals surface area contributed by atoms with E-state index in [1.165, 1.54) is 0 Å². The maximum absolute atomic E-state index is 13.9. The monoisotopic (exact) mass is 716 g/mol. The molecule has 2 aromatic carbocycles. The first kappa shape index (κ1) is 38.7. The van der Waals surface area contributed by atoms with Crippen molar-refractivity contribution in [2.75, 3.05) is 7.05 Å². The van der Waals surface area contributed by atoms with Crippen LogP contribution in [0.2, 0.25) is 0 Å². The molecule has 4 aromatic rings. The fourth-order valence-corrected chi connectivity index (χ4v) is 7.39. The van der Waals surface area contributed by atoms with Gasteiger partial charge in [-0.1, -0.05) is 88.4 Å². The maximum atomic E-state index is 13.9. The second kappa shape index (κ2) is 19.3. The first-order valence-corrected chi connectivity index (χ1v) is 19.3. The summed E-state index contributed by atoms with van der Waals surface area (Å²) in [5.74, 6) is -0.0212. The molecule has 0 fully saturated rings. The molecule has 0 saturated carbocycles. The van der Waals surface area contributed by atoms with Crippen LogP contribution in [0.5, 0.6) is 0 Å². The van der Waals surface area contributed by atoms with Crippen molar-refractivity contribution in [3.63, 3.8) is 0 Å². The molecule has 2 aromatic heterocycles. The molecule has 0 aliphatic rings. The Balaban J connectivity index is 1.43. The van der Waals surface area contributed by atoms with Gasteiger partial charge < -0.3 is 20.9 Å². The van der Waals surface area contributed by atoms with Crippen LogP contribution in [0.3, 0.4) is 0 Å². The highest BCUT2D eigenvalue weighted by Gasteiger charge is 2.28. The van der Waals surface area contributed by atoms with Gasteiger partial charge in [0.1, 0.15) is 6.04 Å². The van der Waals surface area contributed by atoms with Crippen LogP contribution in [0.15, 0.2) is 71.6 Å². The number of carbonyl (C=O) groups is 3. The van der Waals surface area contributed by atoms with Crippen molar-refractivity contribution in [2.45, 2.75) is 104 Å². The highest BCUT2D eigenvalue weighted by Crippen LogP contribution is 2.20. The number of urea groups is 1. The molecule has 3 unspecified atom stereocenters. The number of hydrogen-bond donors (Lipinski definition) is 3. The lowest BCUT2D eigenvalue weighted by molar-refractivity contribution is -0.125. The number of nitrogens with zero attached hydrogens (tertiary/aromatic N) is 3. The Bertz CT molecular complexity index is 1640. The van der Waals surface area contributed by atoms with E-state index in [1.54, 1.807) is 34.6 Å². The number of aromatic nitrogens is 2. The van der Waals surface area contributed by atoms with Crippen molar-refractivity contribution in [3.05, 3.63) is 104 Å². The molecule has 11 heteroatoms. The van der Waals surface area contributed by atoms with E-state index in [4.69, 9.17) is 0 Å². The summed E-state index contributed by atoms with van der Waals surface area (Å²) < 4.78 is 0. The Labute approximate surface area is 305 Å². The van der Waals surface area contributed by atoms with E-state index in [9.17, 15) is 14.4 Å². The molecule has 3 atom stereocenters. The van der Waals surface area contributed by atoms with Crippen LogP contribution >= 0.6 is 22.7 Å². The second-order valence-electron chi connectivity index (χ2n) is 13.6. The van der Waals surface area contributed by atoms with Crippen LogP contribution in [-0.2, 0) is 35.4 Å². The summed E-state index contributed by atoms with van der Waals surface area (Å²) in [4.78, 5) is 52.0. The number of thiazole rings is 2. The van der Waals surface area contributed by atoms with Crippen molar-refractivity contribution in [3.8, 4) is 0 Å². The molecule has 0 saturated heterocycles. The number of aryl methyl sites for hydroxylation is 2. The minimum Gasteiger partial charge on any atom is -0.353 e. The first-order valence-electron chi connectivity index (χ1n) is 17.5. The van der Waals surface area contributed by atoms with Gasteiger partial charge in [0.15, 0.2) is 0 Å². The number of nitrogens with one attached hydrogen (secondary N) is 3. The molecule has 0 aliphatic heterocycles. The zero-order chi connectivity index (χ0) is 36.0. The molecule has 0 aliphatic carbocycles. The molecule has 0 radical (unpaired) electrons. The van der Waals surface area contributed by atoms with Crippen LogP contribution in [0.1, 0.15) is 85.3 Å². The number of carbonyl (C=O) groups excluding carboxylic acids is 3. The average Bonchev–Trinajstić information content (AvgIpc) is 3.74. The van der Waals surface area contributed by atoms with E-state index >= 15 is 0 Å². The smallest absolute Gasteiger partial charge is 0.318 e. The number of amides is 4. The molecule has 2 heterocycles. The number of benzene rings is 2. The van der Waals surface area contributed by atoms with Crippen molar-refractivity contribution in [2.24, 2.45) is 5.92 Å². The van der Waals surface area contributed by atoms with Crippen molar-refractivity contribution < 1.29 is 14.4 Å². The maximum Gasteiger partial charge on any atom is 0.318 e. The van der Waals surface area contributed by atoms with Crippen LogP contribution < -0.4 is 16.0 Å². The fourth-order valence-electron chi connectivity index (χ4n) is 5.79. The molecule has 9 nitrogen and oxygen atoms in total. The van der Waals surface area contributed by atoms with E-state index in [0.717, 1.165) is 32.4 Å². The Morgan fingerprint density at radius 3 is 1.94 bits per heavy atom. The van der Waals surface area contributed by atoms with Gasteiger partial charge in [-0.05, 0) is 56.1 Å². The molecular formula is C39H52N6O3S2. The summed E-state index contributed by atoms with van der Waals surface area (Å²) in [5.41, 5.74) is 5.88. The van der Waals surface area contributed by atoms with Crippen molar-refractivity contribution in [1.29, 1.82) is 0 Å². The summed E-state index contributed by atoms with van der Waals surface area (Å²) in [7, 11) is 1.72. The lowest BCUT2D eigenvalue weighted by Gasteiger charge is -2.28. The lowest BCUT2D eigenvalue weighted by Crippen LogP contribution is -2.54. The van der Waals surface area contributed by atoms with Crippen LogP contribution in [0.25, 0.3) is 0 Å². The topological polar surface area (TPSA) is 116 Å². The van der Waals surface area contributed by atoms with E-state index in [2.05, 4.69) is 64.0 Å². The third kappa shape index (κ3) is 12.4. The molecule has 0 bridgehead atoms.